The van der Waals surface area contributed by atoms with Crippen molar-refractivity contribution in [3.05, 3.63) is 21.1 Å². The van der Waals surface area contributed by atoms with E-state index in [1.54, 1.807) is 5.38 Å². The van der Waals surface area contributed by atoms with Crippen LogP contribution < -0.4 is 0 Å². The van der Waals surface area contributed by atoms with Gasteiger partial charge in [0.15, 0.2) is 0 Å². The Morgan fingerprint density at radius 3 is 2.41 bits per heavy atom. The Morgan fingerprint density at radius 1 is 1.11 bits per heavy atom. The fraction of sp³-hybridized carbons (Fsp3) is 0.588. The molecule has 0 atom stereocenters. The van der Waals surface area contributed by atoms with Gasteiger partial charge in [0.2, 0.25) is 0 Å². The van der Waals surface area contributed by atoms with Gasteiger partial charge in [0.25, 0.3) is 0 Å². The van der Waals surface area contributed by atoms with Gasteiger partial charge in [0.05, 0.1) is 41.8 Å². The van der Waals surface area contributed by atoms with Gasteiger partial charge in [-0.1, -0.05) is 0 Å². The lowest BCUT2D eigenvalue weighted by Gasteiger charge is -2.28. The molecule has 2 N–H and O–H groups in total. The third-order valence-corrected chi connectivity index (χ3v) is 6.74. The molecular formula is C17H19F3N2O3S2. The highest BCUT2D eigenvalue weighted by atomic mass is 32.1. The second kappa shape index (κ2) is 8.34. The first-order chi connectivity index (χ1) is 12.8. The van der Waals surface area contributed by atoms with Crippen LogP contribution in [0.5, 0.6) is 0 Å². The molecule has 0 saturated heterocycles. The number of aliphatic hydroxyl groups is 2. The molecule has 0 spiro atoms. The van der Waals surface area contributed by atoms with E-state index >= 15 is 0 Å². The summed E-state index contributed by atoms with van der Waals surface area (Å²) in [4.78, 5) is 21.6. The van der Waals surface area contributed by atoms with Crippen molar-refractivity contribution < 1.29 is 28.2 Å². The minimum Gasteiger partial charge on any atom is -0.390 e. The number of carbonyl (C=O) groups excluding carboxylic acids is 1. The molecule has 0 radical (unpaired) electrons. The molecule has 148 valence electrons. The number of aromatic nitrogens is 2. The van der Waals surface area contributed by atoms with Crippen molar-refractivity contribution in [2.75, 3.05) is 0 Å². The van der Waals surface area contributed by atoms with E-state index in [0.717, 1.165) is 0 Å². The number of aliphatic hydroxyl groups excluding tert-OH is 2. The van der Waals surface area contributed by atoms with E-state index in [-0.39, 0.29) is 57.0 Å². The highest BCUT2D eigenvalue weighted by molar-refractivity contribution is 7.16. The number of nitrogens with zero attached hydrogens (tertiary/aromatic N) is 2. The Kier molecular flexibility index (Phi) is 6.29. The lowest BCUT2D eigenvalue weighted by Crippen LogP contribution is -2.30. The summed E-state index contributed by atoms with van der Waals surface area (Å²) in [6, 6.07) is 0. The molecule has 5 nitrogen and oxygen atoms in total. The van der Waals surface area contributed by atoms with Crippen molar-refractivity contribution in [1.82, 2.24) is 9.97 Å². The molecule has 2 heterocycles. The van der Waals surface area contributed by atoms with E-state index in [1.165, 1.54) is 22.7 Å². The number of Topliss-reactive ketones (excluding diaryl/α,β-unsaturated/α-hetero) is 1. The normalized spacial score (nSPS) is 20.8. The topological polar surface area (TPSA) is 83.3 Å². The number of halogens is 3. The van der Waals surface area contributed by atoms with Crippen LogP contribution in [0.2, 0.25) is 0 Å². The Morgan fingerprint density at radius 2 is 1.81 bits per heavy atom. The molecule has 1 saturated carbocycles. The summed E-state index contributed by atoms with van der Waals surface area (Å²) in [7, 11) is 0. The van der Waals surface area contributed by atoms with Gasteiger partial charge < -0.3 is 10.2 Å². The molecule has 2 aromatic heterocycles. The number of thiazole rings is 2. The summed E-state index contributed by atoms with van der Waals surface area (Å²) in [5.41, 5.74) is 1.02. The monoisotopic (exact) mass is 420 g/mol. The highest BCUT2D eigenvalue weighted by Crippen LogP contribution is 2.40. The predicted octanol–water partition coefficient (Wildman–Crippen LogP) is 3.73. The summed E-state index contributed by atoms with van der Waals surface area (Å²) in [5, 5.41) is 21.4. The molecule has 3 rings (SSSR count). The Balaban J connectivity index is 1.63. The summed E-state index contributed by atoms with van der Waals surface area (Å²) >= 11 is 2.53. The predicted molar refractivity (Wildman–Crippen MR) is 95.3 cm³/mol. The first-order valence-electron chi connectivity index (χ1n) is 8.56. The Bertz CT molecular complexity index is 796. The smallest absolute Gasteiger partial charge is 0.390 e. The van der Waals surface area contributed by atoms with Gasteiger partial charge in [-0.2, -0.15) is 13.2 Å². The van der Waals surface area contributed by atoms with Crippen molar-refractivity contribution in [2.24, 2.45) is 11.8 Å². The molecule has 0 unspecified atom stereocenters. The second-order valence-electron chi connectivity index (χ2n) is 6.56. The van der Waals surface area contributed by atoms with Gasteiger partial charge >= 0.3 is 6.18 Å². The van der Waals surface area contributed by atoms with Crippen molar-refractivity contribution in [2.45, 2.75) is 51.5 Å². The third kappa shape index (κ3) is 4.74. The average Bonchev–Trinajstić information content (AvgIpc) is 3.27. The molecule has 1 aliphatic rings. The molecule has 10 heteroatoms. The van der Waals surface area contributed by atoms with Crippen LogP contribution in [-0.4, -0.2) is 32.1 Å². The van der Waals surface area contributed by atoms with Gasteiger partial charge in [-0.15, -0.1) is 22.7 Å². The lowest BCUT2D eigenvalue weighted by molar-refractivity contribution is -0.184. The SMILES string of the molecule is O=C(Cc1nc(-c2sc(CO)nc2CO)cs1)C1CCC(C(F)(F)F)CC1. The van der Waals surface area contributed by atoms with Crippen LogP contribution >= 0.6 is 22.7 Å². The number of rotatable bonds is 6. The Hall–Kier alpha value is -1.36. The highest BCUT2D eigenvalue weighted by Gasteiger charge is 2.42. The third-order valence-electron chi connectivity index (χ3n) is 4.78. The van der Waals surface area contributed by atoms with E-state index < -0.39 is 12.1 Å². The van der Waals surface area contributed by atoms with Crippen LogP contribution in [0.15, 0.2) is 5.38 Å². The zero-order valence-corrected chi connectivity index (χ0v) is 16.0. The lowest BCUT2D eigenvalue weighted by atomic mass is 9.79. The minimum atomic E-state index is -4.18. The van der Waals surface area contributed by atoms with E-state index in [2.05, 4.69) is 9.97 Å². The van der Waals surface area contributed by atoms with Gasteiger partial charge in [0.1, 0.15) is 15.8 Å². The van der Waals surface area contributed by atoms with Gasteiger partial charge in [-0.3, -0.25) is 4.79 Å². The summed E-state index contributed by atoms with van der Waals surface area (Å²) in [5.74, 6) is -1.70. The molecule has 1 aliphatic carbocycles. The van der Waals surface area contributed by atoms with Crippen LogP contribution in [0, 0.1) is 11.8 Å². The van der Waals surface area contributed by atoms with Crippen molar-refractivity contribution >= 4 is 28.5 Å². The second-order valence-corrected chi connectivity index (χ2v) is 8.59. The fourth-order valence-corrected chi connectivity index (χ4v) is 5.07. The summed E-state index contributed by atoms with van der Waals surface area (Å²) in [6.07, 6.45) is -3.52. The molecule has 0 bridgehead atoms. The van der Waals surface area contributed by atoms with Crippen molar-refractivity contribution in [3.8, 4) is 10.6 Å². The van der Waals surface area contributed by atoms with E-state index in [0.29, 0.717) is 26.3 Å². The van der Waals surface area contributed by atoms with Crippen LogP contribution in [0.1, 0.15) is 41.4 Å². The fourth-order valence-electron chi connectivity index (χ4n) is 3.31. The number of hydrogen-bond donors (Lipinski definition) is 2. The minimum absolute atomic E-state index is 0.00763. The molecule has 0 aliphatic heterocycles. The van der Waals surface area contributed by atoms with E-state index in [1.807, 2.05) is 0 Å². The molecule has 2 aromatic rings. The molecule has 0 aromatic carbocycles. The first-order valence-corrected chi connectivity index (χ1v) is 10.3. The molecular weight excluding hydrogens is 401 g/mol. The zero-order chi connectivity index (χ0) is 19.6. The number of carbonyl (C=O) groups is 1. The van der Waals surface area contributed by atoms with Crippen LogP contribution in [0.25, 0.3) is 10.6 Å². The first kappa shape index (κ1) is 20.4. The van der Waals surface area contributed by atoms with Crippen LogP contribution in [0.3, 0.4) is 0 Å². The molecule has 1 fully saturated rings. The summed E-state index contributed by atoms with van der Waals surface area (Å²) in [6.45, 7) is -0.506. The number of alkyl halides is 3. The summed E-state index contributed by atoms with van der Waals surface area (Å²) < 4.78 is 38.2. The standard InChI is InChI=1S/C17H19F3N2O3S2/c18-17(19,20)10-3-1-9(2-4-10)13(25)5-14-22-12(8-26-14)16-11(6-23)21-15(7-24)27-16/h8-10,23-24H,1-7H2. The maximum atomic E-state index is 12.7. The van der Waals surface area contributed by atoms with Crippen LogP contribution in [0.4, 0.5) is 13.2 Å². The van der Waals surface area contributed by atoms with Crippen molar-refractivity contribution in [1.29, 1.82) is 0 Å². The van der Waals surface area contributed by atoms with Gasteiger partial charge in [-0.25, -0.2) is 9.97 Å². The Labute approximate surface area is 161 Å². The number of ketones is 1. The molecule has 0 amide bonds. The van der Waals surface area contributed by atoms with Gasteiger partial charge in [0, 0.05) is 11.3 Å². The van der Waals surface area contributed by atoms with Crippen LogP contribution in [-0.2, 0) is 24.4 Å². The quantitative estimate of drug-likeness (QED) is 0.744. The van der Waals surface area contributed by atoms with E-state index in [9.17, 15) is 28.2 Å². The average molecular weight is 420 g/mol. The largest absolute Gasteiger partial charge is 0.391 e. The van der Waals surface area contributed by atoms with Gasteiger partial charge in [-0.05, 0) is 25.7 Å². The molecule has 27 heavy (non-hydrogen) atoms. The maximum absolute atomic E-state index is 12.7. The van der Waals surface area contributed by atoms with Crippen molar-refractivity contribution in [3.63, 3.8) is 0 Å². The maximum Gasteiger partial charge on any atom is 0.391 e. The zero-order valence-electron chi connectivity index (χ0n) is 14.3. The van der Waals surface area contributed by atoms with E-state index in [4.69, 9.17) is 0 Å². The number of hydrogen-bond acceptors (Lipinski definition) is 7.